The largest absolute Gasteiger partial charge is 0.317 e. The van der Waals surface area contributed by atoms with Gasteiger partial charge in [-0.2, -0.15) is 0 Å². The minimum Gasteiger partial charge on any atom is -0.317 e. The summed E-state index contributed by atoms with van der Waals surface area (Å²) < 4.78 is 0. The van der Waals surface area contributed by atoms with Gasteiger partial charge in [-0.1, -0.05) is 33.6 Å². The van der Waals surface area contributed by atoms with Crippen LogP contribution in [0.15, 0.2) is 0 Å². The van der Waals surface area contributed by atoms with E-state index in [9.17, 15) is 0 Å². The molecule has 1 rings (SSSR count). The molecule has 1 aliphatic carbocycles. The number of nitrogens with one attached hydrogen (secondary N) is 1. The van der Waals surface area contributed by atoms with Gasteiger partial charge in [-0.15, -0.1) is 0 Å². The summed E-state index contributed by atoms with van der Waals surface area (Å²) in [6.45, 7) is 7.11. The van der Waals surface area contributed by atoms with E-state index in [1.165, 1.54) is 25.7 Å². The molecule has 0 radical (unpaired) electrons. The van der Waals surface area contributed by atoms with Crippen LogP contribution in [0.1, 0.15) is 46.5 Å². The van der Waals surface area contributed by atoms with Crippen LogP contribution >= 0.6 is 0 Å². The molecule has 0 aromatic heterocycles. The molecule has 0 unspecified atom stereocenters. The lowest BCUT2D eigenvalue weighted by molar-refractivity contribution is 0.136. The zero-order valence-electron chi connectivity index (χ0n) is 8.98. The van der Waals surface area contributed by atoms with Crippen molar-refractivity contribution in [3.05, 3.63) is 0 Å². The van der Waals surface area contributed by atoms with Crippen molar-refractivity contribution in [1.82, 2.24) is 5.32 Å². The Balaban J connectivity index is 2.59. The maximum Gasteiger partial charge on any atom is 0.00973 e. The lowest BCUT2D eigenvalue weighted by Crippen LogP contribution is -2.42. The molecule has 0 aromatic rings. The maximum absolute atomic E-state index is 3.46. The van der Waals surface area contributed by atoms with Crippen molar-refractivity contribution < 1.29 is 0 Å². The SMILES string of the molecule is CN[C@@H]1CCCC[C@H]1C(C)(C)C. The van der Waals surface area contributed by atoms with Crippen molar-refractivity contribution in [3.63, 3.8) is 0 Å². The fourth-order valence-electron chi connectivity index (χ4n) is 2.51. The Hall–Kier alpha value is -0.0400. The molecular formula is C11H23N. The maximum atomic E-state index is 3.46. The molecule has 1 heteroatoms. The van der Waals surface area contributed by atoms with E-state index in [2.05, 4.69) is 33.1 Å². The molecule has 72 valence electrons. The highest BCUT2D eigenvalue weighted by molar-refractivity contribution is 4.87. The van der Waals surface area contributed by atoms with Gasteiger partial charge in [-0.3, -0.25) is 0 Å². The summed E-state index contributed by atoms with van der Waals surface area (Å²) in [6.07, 6.45) is 5.63. The zero-order chi connectivity index (χ0) is 9.19. The average Bonchev–Trinajstić information content (AvgIpc) is 2.03. The summed E-state index contributed by atoms with van der Waals surface area (Å²) in [7, 11) is 2.11. The normalized spacial score (nSPS) is 32.0. The van der Waals surface area contributed by atoms with Gasteiger partial charge in [0.05, 0.1) is 0 Å². The predicted molar refractivity (Wildman–Crippen MR) is 54.3 cm³/mol. The van der Waals surface area contributed by atoms with Crippen molar-refractivity contribution in [2.24, 2.45) is 11.3 Å². The standard InChI is InChI=1S/C11H23N/c1-11(2,3)9-7-5-6-8-10(9)12-4/h9-10,12H,5-8H2,1-4H3/t9-,10-/m1/s1. The van der Waals surface area contributed by atoms with Gasteiger partial charge in [0, 0.05) is 6.04 Å². The molecule has 0 spiro atoms. The van der Waals surface area contributed by atoms with E-state index < -0.39 is 0 Å². The van der Waals surface area contributed by atoms with Crippen LogP contribution in [0.5, 0.6) is 0 Å². The molecule has 0 amide bonds. The van der Waals surface area contributed by atoms with Gasteiger partial charge in [0.25, 0.3) is 0 Å². The van der Waals surface area contributed by atoms with Crippen molar-refractivity contribution in [2.75, 3.05) is 7.05 Å². The van der Waals surface area contributed by atoms with Crippen molar-refractivity contribution in [3.8, 4) is 0 Å². The van der Waals surface area contributed by atoms with Crippen molar-refractivity contribution >= 4 is 0 Å². The molecule has 0 heterocycles. The molecule has 1 saturated carbocycles. The second-order valence-corrected chi connectivity index (χ2v) is 5.15. The van der Waals surface area contributed by atoms with Gasteiger partial charge >= 0.3 is 0 Å². The van der Waals surface area contributed by atoms with Crippen LogP contribution in [0.3, 0.4) is 0 Å². The molecule has 1 aliphatic rings. The minimum absolute atomic E-state index is 0.480. The Morgan fingerprint density at radius 3 is 2.08 bits per heavy atom. The summed E-state index contributed by atoms with van der Waals surface area (Å²) >= 11 is 0. The topological polar surface area (TPSA) is 12.0 Å². The van der Waals surface area contributed by atoms with Crippen molar-refractivity contribution in [2.45, 2.75) is 52.5 Å². The van der Waals surface area contributed by atoms with Crippen LogP contribution in [-0.4, -0.2) is 13.1 Å². The van der Waals surface area contributed by atoms with Crippen LogP contribution in [-0.2, 0) is 0 Å². The molecule has 2 atom stereocenters. The first kappa shape index (κ1) is 10.0. The third kappa shape index (κ3) is 2.22. The molecule has 1 nitrogen and oxygen atoms in total. The highest BCUT2D eigenvalue weighted by Gasteiger charge is 2.32. The van der Waals surface area contributed by atoms with Crippen LogP contribution in [0.4, 0.5) is 0 Å². The predicted octanol–water partition coefficient (Wildman–Crippen LogP) is 2.81. The fourth-order valence-corrected chi connectivity index (χ4v) is 2.51. The Morgan fingerprint density at radius 2 is 1.67 bits per heavy atom. The summed E-state index contributed by atoms with van der Waals surface area (Å²) in [5.41, 5.74) is 0.480. The summed E-state index contributed by atoms with van der Waals surface area (Å²) in [5.74, 6) is 0.872. The summed E-state index contributed by atoms with van der Waals surface area (Å²) in [5, 5.41) is 3.46. The molecule has 0 bridgehead atoms. The monoisotopic (exact) mass is 169 g/mol. The fraction of sp³-hybridized carbons (Fsp3) is 1.00. The third-order valence-corrected chi connectivity index (χ3v) is 3.25. The Labute approximate surface area is 76.9 Å². The van der Waals surface area contributed by atoms with Crippen LogP contribution in [0, 0.1) is 11.3 Å². The highest BCUT2D eigenvalue weighted by atomic mass is 14.9. The minimum atomic E-state index is 0.480. The van der Waals surface area contributed by atoms with E-state index in [1.54, 1.807) is 0 Å². The molecule has 0 aromatic carbocycles. The zero-order valence-corrected chi connectivity index (χ0v) is 8.98. The highest BCUT2D eigenvalue weighted by Crippen LogP contribution is 2.37. The molecular weight excluding hydrogens is 146 g/mol. The number of rotatable bonds is 1. The van der Waals surface area contributed by atoms with E-state index in [-0.39, 0.29) is 0 Å². The van der Waals surface area contributed by atoms with Gasteiger partial charge < -0.3 is 5.32 Å². The lowest BCUT2D eigenvalue weighted by atomic mass is 9.69. The molecule has 1 N–H and O–H groups in total. The first-order chi connectivity index (χ1) is 5.55. The second kappa shape index (κ2) is 3.78. The third-order valence-electron chi connectivity index (χ3n) is 3.25. The number of hydrogen-bond acceptors (Lipinski definition) is 1. The van der Waals surface area contributed by atoms with Gasteiger partial charge in [-0.05, 0) is 31.2 Å². The van der Waals surface area contributed by atoms with E-state index >= 15 is 0 Å². The molecule has 0 aliphatic heterocycles. The second-order valence-electron chi connectivity index (χ2n) is 5.15. The lowest BCUT2D eigenvalue weighted by Gasteiger charge is -2.40. The summed E-state index contributed by atoms with van der Waals surface area (Å²) in [6, 6.07) is 0.763. The van der Waals surface area contributed by atoms with E-state index in [1.807, 2.05) is 0 Å². The Bertz CT molecular complexity index is 134. The van der Waals surface area contributed by atoms with Gasteiger partial charge in [0.1, 0.15) is 0 Å². The Kier molecular flexibility index (Phi) is 3.16. The van der Waals surface area contributed by atoms with Gasteiger partial charge in [0.2, 0.25) is 0 Å². The molecule has 1 fully saturated rings. The van der Waals surface area contributed by atoms with Crippen LogP contribution in [0.25, 0.3) is 0 Å². The van der Waals surface area contributed by atoms with Crippen LogP contribution in [0.2, 0.25) is 0 Å². The Morgan fingerprint density at radius 1 is 1.08 bits per heavy atom. The number of hydrogen-bond donors (Lipinski definition) is 1. The van der Waals surface area contributed by atoms with E-state index in [4.69, 9.17) is 0 Å². The van der Waals surface area contributed by atoms with E-state index in [0.717, 1.165) is 12.0 Å². The van der Waals surface area contributed by atoms with Gasteiger partial charge in [0.15, 0.2) is 0 Å². The quantitative estimate of drug-likeness (QED) is 0.636. The van der Waals surface area contributed by atoms with Crippen molar-refractivity contribution in [1.29, 1.82) is 0 Å². The first-order valence-electron chi connectivity index (χ1n) is 5.23. The van der Waals surface area contributed by atoms with E-state index in [0.29, 0.717) is 5.41 Å². The molecule has 12 heavy (non-hydrogen) atoms. The molecule has 0 saturated heterocycles. The average molecular weight is 169 g/mol. The van der Waals surface area contributed by atoms with Gasteiger partial charge in [-0.25, -0.2) is 0 Å². The summed E-state index contributed by atoms with van der Waals surface area (Å²) in [4.78, 5) is 0. The first-order valence-corrected chi connectivity index (χ1v) is 5.23. The smallest absolute Gasteiger partial charge is 0.00973 e. The van der Waals surface area contributed by atoms with Crippen LogP contribution < -0.4 is 5.32 Å².